The Kier molecular flexibility index (Phi) is 4.92. The minimum absolute atomic E-state index is 0.382. The molecule has 0 spiro atoms. The highest BCUT2D eigenvalue weighted by Crippen LogP contribution is 2.37. The highest BCUT2D eigenvalue weighted by atomic mass is 79.9. The second-order valence-electron chi connectivity index (χ2n) is 6.31. The molecule has 1 aliphatic rings. The summed E-state index contributed by atoms with van der Waals surface area (Å²) < 4.78 is 3.28. The van der Waals surface area contributed by atoms with E-state index in [1.807, 2.05) is 0 Å². The van der Waals surface area contributed by atoms with E-state index in [-0.39, 0.29) is 0 Å². The van der Waals surface area contributed by atoms with Crippen LogP contribution in [0.3, 0.4) is 0 Å². The Labute approximate surface area is 131 Å². The maximum Gasteiger partial charge on any atom is 0.0739 e. The lowest BCUT2D eigenvalue weighted by Crippen LogP contribution is -2.56. The van der Waals surface area contributed by atoms with Crippen molar-refractivity contribution >= 4 is 15.9 Å². The molecule has 0 aliphatic heterocycles. The van der Waals surface area contributed by atoms with Crippen LogP contribution >= 0.6 is 15.9 Å². The zero-order chi connectivity index (χ0) is 14.9. The van der Waals surface area contributed by atoms with Crippen molar-refractivity contribution in [1.82, 2.24) is 19.6 Å². The van der Waals surface area contributed by atoms with E-state index in [0.717, 1.165) is 25.3 Å². The molecule has 0 aromatic carbocycles. The molecule has 0 radical (unpaired) electrons. The van der Waals surface area contributed by atoms with Gasteiger partial charge >= 0.3 is 0 Å². The average molecular weight is 343 g/mol. The number of likely N-dealkylation sites (N-methyl/N-ethyl adjacent to an activating group) is 2. The second-order valence-corrected chi connectivity index (χ2v) is 7.10. The summed E-state index contributed by atoms with van der Waals surface area (Å²) in [5.74, 6) is 0. The van der Waals surface area contributed by atoms with Gasteiger partial charge in [-0.1, -0.05) is 0 Å². The maximum absolute atomic E-state index is 4.58. The van der Waals surface area contributed by atoms with Crippen LogP contribution in [0.5, 0.6) is 0 Å². The average Bonchev–Trinajstić information content (AvgIpc) is 2.61. The van der Waals surface area contributed by atoms with Gasteiger partial charge in [0.2, 0.25) is 0 Å². The smallest absolute Gasteiger partial charge is 0.0739 e. The number of halogens is 1. The Balaban J connectivity index is 2.06. The minimum Gasteiger partial charge on any atom is -0.302 e. The van der Waals surface area contributed by atoms with Crippen LogP contribution in [0.2, 0.25) is 0 Å². The van der Waals surface area contributed by atoms with Gasteiger partial charge in [-0.3, -0.25) is 9.58 Å². The van der Waals surface area contributed by atoms with Crippen LogP contribution < -0.4 is 0 Å². The number of hydrogen-bond donors (Lipinski definition) is 0. The fraction of sp³-hybridized carbons (Fsp3) is 0.800. The number of aryl methyl sites for hydroxylation is 2. The van der Waals surface area contributed by atoms with Gasteiger partial charge in [0.25, 0.3) is 0 Å². The van der Waals surface area contributed by atoms with Crippen LogP contribution in [0.4, 0.5) is 0 Å². The number of rotatable bonds is 6. The Morgan fingerprint density at radius 3 is 2.40 bits per heavy atom. The van der Waals surface area contributed by atoms with E-state index in [2.05, 4.69) is 70.5 Å². The Morgan fingerprint density at radius 2 is 1.95 bits per heavy atom. The van der Waals surface area contributed by atoms with Gasteiger partial charge in [0.15, 0.2) is 0 Å². The topological polar surface area (TPSA) is 24.3 Å². The molecular weight excluding hydrogens is 316 g/mol. The molecular formula is C15H27BrN4. The predicted molar refractivity (Wildman–Crippen MR) is 86.9 cm³/mol. The molecule has 0 N–H and O–H groups in total. The van der Waals surface area contributed by atoms with E-state index < -0.39 is 0 Å². The summed E-state index contributed by atoms with van der Waals surface area (Å²) in [6, 6.07) is 0. The van der Waals surface area contributed by atoms with Gasteiger partial charge in [-0.05, 0) is 70.2 Å². The molecule has 0 atom stereocenters. The Morgan fingerprint density at radius 1 is 1.30 bits per heavy atom. The lowest BCUT2D eigenvalue weighted by molar-refractivity contribution is 0.0252. The van der Waals surface area contributed by atoms with Gasteiger partial charge in [-0.25, -0.2) is 0 Å². The first-order valence-corrected chi connectivity index (χ1v) is 8.26. The standard InChI is InChI=1S/C15H27BrN4/c1-6-20-13(14(16)12(2)17-20)10-19(5)11-15(18(3)4)8-7-9-15/h6-11H2,1-5H3. The molecule has 0 saturated heterocycles. The van der Waals surface area contributed by atoms with Crippen LogP contribution in [-0.4, -0.2) is 52.8 Å². The molecule has 0 bridgehead atoms. The van der Waals surface area contributed by atoms with E-state index in [1.165, 1.54) is 29.4 Å². The molecule has 0 unspecified atom stereocenters. The first-order valence-electron chi connectivity index (χ1n) is 7.47. The normalized spacial score (nSPS) is 17.8. The van der Waals surface area contributed by atoms with Crippen molar-refractivity contribution in [1.29, 1.82) is 0 Å². The second kappa shape index (κ2) is 6.16. The molecule has 4 nitrogen and oxygen atoms in total. The van der Waals surface area contributed by atoms with Crippen molar-refractivity contribution in [3.8, 4) is 0 Å². The van der Waals surface area contributed by atoms with Crippen LogP contribution in [0.15, 0.2) is 4.47 Å². The zero-order valence-corrected chi connectivity index (χ0v) is 15.0. The molecule has 1 aromatic heterocycles. The first-order chi connectivity index (χ1) is 9.39. The lowest BCUT2D eigenvalue weighted by atomic mass is 9.75. The van der Waals surface area contributed by atoms with E-state index in [0.29, 0.717) is 5.54 Å². The zero-order valence-electron chi connectivity index (χ0n) is 13.4. The van der Waals surface area contributed by atoms with Crippen molar-refractivity contribution in [3.63, 3.8) is 0 Å². The van der Waals surface area contributed by atoms with Crippen molar-refractivity contribution in [2.45, 2.75) is 51.7 Å². The quantitative estimate of drug-likeness (QED) is 0.794. The van der Waals surface area contributed by atoms with Crippen LogP contribution in [-0.2, 0) is 13.1 Å². The summed E-state index contributed by atoms with van der Waals surface area (Å²) in [7, 11) is 6.64. The summed E-state index contributed by atoms with van der Waals surface area (Å²) >= 11 is 3.69. The molecule has 2 rings (SSSR count). The monoisotopic (exact) mass is 342 g/mol. The number of nitrogens with zero attached hydrogens (tertiary/aromatic N) is 4. The third kappa shape index (κ3) is 2.95. The summed E-state index contributed by atoms with van der Waals surface area (Å²) in [6.07, 6.45) is 4.00. The summed E-state index contributed by atoms with van der Waals surface area (Å²) in [6.45, 7) is 7.21. The van der Waals surface area contributed by atoms with Gasteiger partial charge in [-0.15, -0.1) is 0 Å². The molecule has 1 fully saturated rings. The highest BCUT2D eigenvalue weighted by molar-refractivity contribution is 9.10. The molecule has 5 heteroatoms. The highest BCUT2D eigenvalue weighted by Gasteiger charge is 2.39. The molecule has 114 valence electrons. The molecule has 1 aromatic rings. The van der Waals surface area contributed by atoms with Crippen LogP contribution in [0.25, 0.3) is 0 Å². The van der Waals surface area contributed by atoms with E-state index in [1.54, 1.807) is 0 Å². The van der Waals surface area contributed by atoms with Gasteiger partial charge in [0, 0.05) is 25.2 Å². The maximum atomic E-state index is 4.58. The van der Waals surface area contributed by atoms with Crippen molar-refractivity contribution in [2.75, 3.05) is 27.7 Å². The largest absolute Gasteiger partial charge is 0.302 e. The van der Waals surface area contributed by atoms with E-state index in [4.69, 9.17) is 0 Å². The van der Waals surface area contributed by atoms with E-state index >= 15 is 0 Å². The molecule has 1 aliphatic carbocycles. The van der Waals surface area contributed by atoms with Crippen molar-refractivity contribution < 1.29 is 0 Å². The Hall–Kier alpha value is -0.390. The van der Waals surface area contributed by atoms with Gasteiger partial charge in [-0.2, -0.15) is 5.10 Å². The lowest BCUT2D eigenvalue weighted by Gasteiger charge is -2.49. The van der Waals surface area contributed by atoms with Crippen molar-refractivity contribution in [3.05, 3.63) is 15.9 Å². The number of hydrogen-bond acceptors (Lipinski definition) is 3. The summed E-state index contributed by atoms with van der Waals surface area (Å²) in [4.78, 5) is 4.84. The van der Waals surface area contributed by atoms with Crippen molar-refractivity contribution in [2.24, 2.45) is 0 Å². The number of aromatic nitrogens is 2. The van der Waals surface area contributed by atoms with Gasteiger partial charge in [0.1, 0.15) is 0 Å². The SMILES string of the molecule is CCn1nc(C)c(Br)c1CN(C)CC1(N(C)C)CCC1. The van der Waals surface area contributed by atoms with E-state index in [9.17, 15) is 0 Å². The van der Waals surface area contributed by atoms with Gasteiger partial charge in [0.05, 0.1) is 15.9 Å². The minimum atomic E-state index is 0.382. The molecule has 1 saturated carbocycles. The summed E-state index contributed by atoms with van der Waals surface area (Å²) in [5.41, 5.74) is 2.76. The van der Waals surface area contributed by atoms with Gasteiger partial charge < -0.3 is 4.90 Å². The van der Waals surface area contributed by atoms with Crippen LogP contribution in [0, 0.1) is 6.92 Å². The van der Waals surface area contributed by atoms with Crippen LogP contribution in [0.1, 0.15) is 37.6 Å². The summed E-state index contributed by atoms with van der Waals surface area (Å²) in [5, 5.41) is 4.58. The third-order valence-corrected chi connectivity index (χ3v) is 5.70. The third-order valence-electron chi connectivity index (χ3n) is 4.67. The fourth-order valence-electron chi connectivity index (χ4n) is 3.17. The molecule has 20 heavy (non-hydrogen) atoms. The predicted octanol–water partition coefficient (Wildman–Crippen LogP) is 2.89. The Bertz CT molecular complexity index is 463. The molecule has 0 amide bonds. The molecule has 1 heterocycles. The fourth-order valence-corrected chi connectivity index (χ4v) is 3.58. The first kappa shape index (κ1) is 16.0.